The van der Waals surface area contributed by atoms with Gasteiger partial charge in [0.2, 0.25) is 0 Å². The standard InChI is InChI=1S/C23H27F2N3O3/c1-4-30-20-10-15(7-8-19(20)29-3)12-28-9-5-6-16(13-28)18-11-17(22(24)25)21-14(2)27-31-23(21)26-18/h7-8,10-11,16,22H,4-6,9,12-13H2,1-3H3/t16-/m0/s1. The number of rotatable bonds is 7. The van der Waals surface area contributed by atoms with E-state index in [9.17, 15) is 8.78 Å². The average molecular weight is 431 g/mol. The molecule has 0 aliphatic carbocycles. The molecular formula is C23H27F2N3O3. The van der Waals surface area contributed by atoms with E-state index in [0.29, 0.717) is 29.1 Å². The van der Waals surface area contributed by atoms with Crippen LogP contribution in [-0.2, 0) is 6.54 Å². The van der Waals surface area contributed by atoms with Crippen LogP contribution < -0.4 is 9.47 Å². The number of aromatic nitrogens is 2. The van der Waals surface area contributed by atoms with Crippen molar-refractivity contribution in [3.8, 4) is 11.5 Å². The van der Waals surface area contributed by atoms with Crippen LogP contribution >= 0.6 is 0 Å². The van der Waals surface area contributed by atoms with Gasteiger partial charge >= 0.3 is 0 Å². The summed E-state index contributed by atoms with van der Waals surface area (Å²) in [5.74, 6) is 1.50. The number of ether oxygens (including phenoxy) is 2. The Morgan fingerprint density at radius 2 is 2.10 bits per heavy atom. The largest absolute Gasteiger partial charge is 0.493 e. The molecule has 31 heavy (non-hydrogen) atoms. The number of fused-ring (bicyclic) bond motifs is 1. The van der Waals surface area contributed by atoms with Gasteiger partial charge in [-0.15, -0.1) is 0 Å². The number of halogens is 2. The van der Waals surface area contributed by atoms with Crippen LogP contribution in [0.2, 0.25) is 0 Å². The highest BCUT2D eigenvalue weighted by Crippen LogP contribution is 2.35. The molecule has 8 heteroatoms. The Labute approximate surface area is 180 Å². The maximum Gasteiger partial charge on any atom is 0.264 e. The quantitative estimate of drug-likeness (QED) is 0.509. The summed E-state index contributed by atoms with van der Waals surface area (Å²) in [4.78, 5) is 6.86. The predicted molar refractivity (Wildman–Crippen MR) is 113 cm³/mol. The Balaban J connectivity index is 1.55. The molecule has 0 bridgehead atoms. The van der Waals surface area contributed by atoms with Gasteiger partial charge in [-0.25, -0.2) is 13.8 Å². The van der Waals surface area contributed by atoms with Crippen molar-refractivity contribution < 1.29 is 22.8 Å². The Hall–Kier alpha value is -2.74. The van der Waals surface area contributed by atoms with Crippen LogP contribution in [-0.4, -0.2) is 41.8 Å². The first-order valence-corrected chi connectivity index (χ1v) is 10.6. The number of methoxy groups -OCH3 is 1. The number of nitrogens with zero attached hydrogens (tertiary/aromatic N) is 3. The molecule has 1 aromatic carbocycles. The average Bonchev–Trinajstić information content (AvgIpc) is 3.14. The van der Waals surface area contributed by atoms with Gasteiger partial charge in [0.05, 0.1) is 24.8 Å². The summed E-state index contributed by atoms with van der Waals surface area (Å²) in [5, 5.41) is 4.16. The number of benzene rings is 1. The van der Waals surface area contributed by atoms with Crippen molar-refractivity contribution in [1.82, 2.24) is 15.0 Å². The van der Waals surface area contributed by atoms with E-state index in [1.54, 1.807) is 14.0 Å². The SMILES string of the molecule is CCOc1cc(CN2CCC[C@H](c3cc(C(F)F)c4c(C)noc4n3)C2)ccc1OC. The van der Waals surface area contributed by atoms with Gasteiger partial charge in [0, 0.05) is 30.3 Å². The third kappa shape index (κ3) is 4.49. The number of hydrogen-bond acceptors (Lipinski definition) is 6. The highest BCUT2D eigenvalue weighted by Gasteiger charge is 2.27. The maximum absolute atomic E-state index is 13.7. The molecule has 0 spiro atoms. The minimum Gasteiger partial charge on any atom is -0.493 e. The molecule has 4 rings (SSSR count). The van der Waals surface area contributed by atoms with Crippen molar-refractivity contribution >= 4 is 11.1 Å². The molecule has 0 radical (unpaired) electrons. The second kappa shape index (κ2) is 9.18. The second-order valence-electron chi connectivity index (χ2n) is 7.88. The third-order valence-corrected chi connectivity index (χ3v) is 5.76. The summed E-state index contributed by atoms with van der Waals surface area (Å²) in [7, 11) is 1.63. The van der Waals surface area contributed by atoms with Gasteiger partial charge in [0.25, 0.3) is 12.1 Å². The number of piperidine rings is 1. The molecule has 1 aliphatic heterocycles. The molecule has 0 amide bonds. The highest BCUT2D eigenvalue weighted by molar-refractivity contribution is 5.80. The molecule has 6 nitrogen and oxygen atoms in total. The van der Waals surface area contributed by atoms with Crippen LogP contribution in [0.1, 0.15) is 54.6 Å². The molecule has 166 valence electrons. The number of pyridine rings is 1. The monoisotopic (exact) mass is 431 g/mol. The first-order valence-electron chi connectivity index (χ1n) is 10.6. The van der Waals surface area contributed by atoms with Crippen LogP contribution in [0, 0.1) is 6.92 Å². The zero-order valence-corrected chi connectivity index (χ0v) is 18.0. The topological polar surface area (TPSA) is 60.6 Å². The zero-order chi connectivity index (χ0) is 22.0. The molecule has 1 fully saturated rings. The lowest BCUT2D eigenvalue weighted by Gasteiger charge is -2.32. The van der Waals surface area contributed by atoms with E-state index in [1.807, 2.05) is 25.1 Å². The predicted octanol–water partition coefficient (Wildman–Crippen LogP) is 5.26. The lowest BCUT2D eigenvalue weighted by atomic mass is 9.92. The van der Waals surface area contributed by atoms with E-state index < -0.39 is 6.43 Å². The van der Waals surface area contributed by atoms with Crippen molar-refractivity contribution in [3.63, 3.8) is 0 Å². The fourth-order valence-electron chi connectivity index (χ4n) is 4.32. The molecule has 0 unspecified atom stereocenters. The van der Waals surface area contributed by atoms with Gasteiger partial charge in [-0.1, -0.05) is 11.2 Å². The van der Waals surface area contributed by atoms with Crippen LogP contribution in [0.4, 0.5) is 8.78 Å². The van der Waals surface area contributed by atoms with Crippen LogP contribution in [0.25, 0.3) is 11.1 Å². The minimum atomic E-state index is -2.60. The number of likely N-dealkylation sites (tertiary alicyclic amines) is 1. The van der Waals surface area contributed by atoms with Gasteiger partial charge < -0.3 is 14.0 Å². The van der Waals surface area contributed by atoms with Crippen molar-refractivity contribution in [2.45, 2.75) is 45.6 Å². The van der Waals surface area contributed by atoms with Gasteiger partial charge in [-0.3, -0.25) is 4.90 Å². The molecule has 0 saturated carbocycles. The molecular weight excluding hydrogens is 404 g/mol. The molecule has 3 aromatic rings. The van der Waals surface area contributed by atoms with E-state index in [-0.39, 0.29) is 17.2 Å². The number of aryl methyl sites for hydroxylation is 1. The Bertz CT molecular complexity index is 1050. The first kappa shape index (κ1) is 21.5. The van der Waals surface area contributed by atoms with E-state index in [4.69, 9.17) is 14.0 Å². The van der Waals surface area contributed by atoms with Gasteiger partial charge in [0.15, 0.2) is 11.5 Å². The van der Waals surface area contributed by atoms with E-state index >= 15 is 0 Å². The Kier molecular flexibility index (Phi) is 6.36. The van der Waals surface area contributed by atoms with Crippen LogP contribution in [0.3, 0.4) is 0 Å². The summed E-state index contributed by atoms with van der Waals surface area (Å²) in [5.41, 5.74) is 2.35. The second-order valence-corrected chi connectivity index (χ2v) is 7.88. The van der Waals surface area contributed by atoms with Crippen LogP contribution in [0.15, 0.2) is 28.8 Å². The highest BCUT2D eigenvalue weighted by atomic mass is 19.3. The molecule has 0 N–H and O–H groups in total. The van der Waals surface area contributed by atoms with Gasteiger partial charge in [-0.05, 0) is 57.0 Å². The number of alkyl halides is 2. The van der Waals surface area contributed by atoms with Crippen LogP contribution in [0.5, 0.6) is 11.5 Å². The zero-order valence-electron chi connectivity index (χ0n) is 18.0. The first-order chi connectivity index (χ1) is 15.0. The summed E-state index contributed by atoms with van der Waals surface area (Å²) >= 11 is 0. The number of hydrogen-bond donors (Lipinski definition) is 0. The molecule has 1 saturated heterocycles. The summed E-state index contributed by atoms with van der Waals surface area (Å²) in [6, 6.07) is 7.48. The van der Waals surface area contributed by atoms with Crippen molar-refractivity contribution in [1.29, 1.82) is 0 Å². The Morgan fingerprint density at radius 1 is 1.26 bits per heavy atom. The minimum absolute atomic E-state index is 0.0487. The van der Waals surface area contributed by atoms with Crippen molar-refractivity contribution in [2.75, 3.05) is 26.8 Å². The molecule has 3 heterocycles. The smallest absolute Gasteiger partial charge is 0.264 e. The van der Waals surface area contributed by atoms with Gasteiger partial charge in [0.1, 0.15) is 0 Å². The van der Waals surface area contributed by atoms with Crippen molar-refractivity contribution in [3.05, 3.63) is 46.8 Å². The molecule has 1 aliphatic rings. The summed E-state index contributed by atoms with van der Waals surface area (Å²) in [6.07, 6.45) is -0.728. The normalized spacial score (nSPS) is 17.4. The lowest BCUT2D eigenvalue weighted by Crippen LogP contribution is -2.34. The van der Waals surface area contributed by atoms with Crippen molar-refractivity contribution in [2.24, 2.45) is 0 Å². The summed E-state index contributed by atoms with van der Waals surface area (Å²) < 4.78 is 43.7. The lowest BCUT2D eigenvalue weighted by molar-refractivity contribution is 0.152. The fraction of sp³-hybridized carbons (Fsp3) is 0.478. The van der Waals surface area contributed by atoms with Gasteiger partial charge in [-0.2, -0.15) is 0 Å². The molecule has 2 aromatic heterocycles. The Morgan fingerprint density at radius 3 is 2.84 bits per heavy atom. The third-order valence-electron chi connectivity index (χ3n) is 5.76. The van der Waals surface area contributed by atoms with E-state index in [1.165, 1.54) is 6.07 Å². The molecule has 1 atom stereocenters. The summed E-state index contributed by atoms with van der Waals surface area (Å²) in [6.45, 7) is 6.59. The van der Waals surface area contributed by atoms with E-state index in [2.05, 4.69) is 15.0 Å². The fourth-order valence-corrected chi connectivity index (χ4v) is 4.32. The maximum atomic E-state index is 13.7. The van der Waals surface area contributed by atoms with E-state index in [0.717, 1.165) is 43.8 Å².